The minimum absolute atomic E-state index is 0.0741. The zero-order chi connectivity index (χ0) is 17.4. The van der Waals surface area contributed by atoms with Gasteiger partial charge in [0.15, 0.2) is 11.5 Å². The van der Waals surface area contributed by atoms with Gasteiger partial charge in [-0.05, 0) is 36.5 Å². The molecule has 2 fully saturated rings. The number of aliphatic carboxylic acids is 1. The molecule has 0 aromatic heterocycles. The van der Waals surface area contributed by atoms with E-state index in [1.54, 1.807) is 4.90 Å². The van der Waals surface area contributed by atoms with Crippen LogP contribution in [0.3, 0.4) is 0 Å². The Morgan fingerprint density at radius 1 is 1.28 bits per heavy atom. The fourth-order valence-corrected chi connectivity index (χ4v) is 4.28. The van der Waals surface area contributed by atoms with E-state index >= 15 is 0 Å². The number of nitrogens with one attached hydrogen (secondary N) is 1. The van der Waals surface area contributed by atoms with E-state index in [0.29, 0.717) is 45.0 Å². The number of hydrogen-bond acceptors (Lipinski definition) is 4. The first-order chi connectivity index (χ1) is 12.1. The van der Waals surface area contributed by atoms with Crippen LogP contribution in [0.15, 0.2) is 18.2 Å². The van der Waals surface area contributed by atoms with Crippen molar-refractivity contribution in [3.63, 3.8) is 0 Å². The number of urea groups is 1. The molecule has 1 saturated heterocycles. The zero-order valence-corrected chi connectivity index (χ0v) is 14.0. The lowest BCUT2D eigenvalue weighted by Gasteiger charge is -2.23. The smallest absolute Gasteiger partial charge is 0.317 e. The summed E-state index contributed by atoms with van der Waals surface area (Å²) in [7, 11) is 0. The van der Waals surface area contributed by atoms with Gasteiger partial charge in [-0.2, -0.15) is 0 Å². The van der Waals surface area contributed by atoms with Crippen molar-refractivity contribution >= 4 is 12.0 Å². The lowest BCUT2D eigenvalue weighted by atomic mass is 9.81. The molecule has 0 spiro atoms. The Kier molecular flexibility index (Phi) is 3.94. The van der Waals surface area contributed by atoms with Gasteiger partial charge in [0.2, 0.25) is 0 Å². The van der Waals surface area contributed by atoms with Gasteiger partial charge >= 0.3 is 12.0 Å². The summed E-state index contributed by atoms with van der Waals surface area (Å²) in [6, 6.07) is 5.40. The fraction of sp³-hybridized carbons (Fsp3) is 0.556. The molecule has 25 heavy (non-hydrogen) atoms. The van der Waals surface area contributed by atoms with Crippen molar-refractivity contribution < 1.29 is 24.2 Å². The monoisotopic (exact) mass is 346 g/mol. The molecule has 0 unspecified atom stereocenters. The molecule has 1 aromatic carbocycles. The molecule has 7 nitrogen and oxygen atoms in total. The third kappa shape index (κ3) is 2.77. The van der Waals surface area contributed by atoms with Crippen LogP contribution in [0.4, 0.5) is 4.79 Å². The van der Waals surface area contributed by atoms with E-state index in [2.05, 4.69) is 5.32 Å². The van der Waals surface area contributed by atoms with Crippen molar-refractivity contribution in [3.8, 4) is 11.5 Å². The summed E-state index contributed by atoms with van der Waals surface area (Å²) in [4.78, 5) is 25.8. The number of fused-ring (bicyclic) bond motifs is 2. The van der Waals surface area contributed by atoms with E-state index in [0.717, 1.165) is 24.2 Å². The number of ether oxygens (including phenoxy) is 2. The number of carboxylic acid groups (broad SMARTS) is 1. The number of carbonyl (C=O) groups is 2. The number of benzene rings is 1. The van der Waals surface area contributed by atoms with Crippen molar-refractivity contribution in [2.75, 3.05) is 26.3 Å². The highest BCUT2D eigenvalue weighted by atomic mass is 16.6. The van der Waals surface area contributed by atoms with Crippen LogP contribution in [0.1, 0.15) is 24.8 Å². The van der Waals surface area contributed by atoms with Crippen LogP contribution in [0.25, 0.3) is 0 Å². The molecular weight excluding hydrogens is 324 g/mol. The number of rotatable bonds is 3. The van der Waals surface area contributed by atoms with Crippen LogP contribution in [0.2, 0.25) is 0 Å². The molecule has 2 aliphatic heterocycles. The summed E-state index contributed by atoms with van der Waals surface area (Å²) in [5.41, 5.74) is 0.180. The van der Waals surface area contributed by atoms with E-state index in [-0.39, 0.29) is 11.9 Å². The molecule has 134 valence electrons. The topological polar surface area (TPSA) is 88.1 Å². The number of likely N-dealkylation sites (tertiary alicyclic amines) is 1. The van der Waals surface area contributed by atoms with Gasteiger partial charge < -0.3 is 24.8 Å². The molecule has 0 radical (unpaired) electrons. The van der Waals surface area contributed by atoms with Crippen LogP contribution >= 0.6 is 0 Å². The van der Waals surface area contributed by atoms with Crippen LogP contribution in [-0.4, -0.2) is 48.3 Å². The molecule has 7 heteroatoms. The predicted octanol–water partition coefficient (Wildman–Crippen LogP) is 1.85. The lowest BCUT2D eigenvalue weighted by molar-refractivity contribution is -0.149. The maximum atomic E-state index is 12.5. The second-order valence-corrected chi connectivity index (χ2v) is 7.07. The molecule has 1 aliphatic carbocycles. The average Bonchev–Trinajstić information content (AvgIpc) is 3.18. The van der Waals surface area contributed by atoms with E-state index in [1.807, 2.05) is 18.2 Å². The van der Waals surface area contributed by atoms with Gasteiger partial charge in [0, 0.05) is 19.6 Å². The third-order valence-electron chi connectivity index (χ3n) is 5.63. The van der Waals surface area contributed by atoms with Gasteiger partial charge in [0.25, 0.3) is 0 Å². The van der Waals surface area contributed by atoms with Crippen molar-refractivity contribution in [3.05, 3.63) is 23.8 Å². The maximum Gasteiger partial charge on any atom is 0.317 e. The second kappa shape index (κ2) is 6.13. The Labute approximate surface area is 145 Å². The summed E-state index contributed by atoms with van der Waals surface area (Å²) in [6.07, 6.45) is 2.49. The SMILES string of the molecule is O=C(NCc1ccc2c(c1)OCCO2)N1C[C@@H]2CCC[C@@]2(C(=O)O)C1. The Morgan fingerprint density at radius 2 is 2.08 bits per heavy atom. The van der Waals surface area contributed by atoms with E-state index in [4.69, 9.17) is 9.47 Å². The largest absolute Gasteiger partial charge is 0.486 e. The number of carboxylic acids is 1. The highest BCUT2D eigenvalue weighted by Crippen LogP contribution is 2.48. The third-order valence-corrected chi connectivity index (χ3v) is 5.63. The standard InChI is InChI=1S/C18H22N2O5/c21-16(22)18-5-1-2-13(18)10-20(11-18)17(23)19-9-12-3-4-14-15(8-12)25-7-6-24-14/h3-4,8,13H,1-2,5-7,9-11H2,(H,19,23)(H,21,22)/t13-,18+/m0/s1. The molecule has 3 aliphatic rings. The van der Waals surface area contributed by atoms with Crippen molar-refractivity contribution in [1.29, 1.82) is 0 Å². The number of carbonyl (C=O) groups excluding carboxylic acids is 1. The molecule has 1 saturated carbocycles. The first-order valence-corrected chi connectivity index (χ1v) is 8.73. The highest BCUT2D eigenvalue weighted by molar-refractivity contribution is 5.80. The van der Waals surface area contributed by atoms with Crippen molar-refractivity contribution in [2.45, 2.75) is 25.8 Å². The molecule has 2 N–H and O–H groups in total. The number of nitrogens with zero attached hydrogens (tertiary/aromatic N) is 1. The number of hydrogen-bond donors (Lipinski definition) is 2. The molecule has 2 atom stereocenters. The van der Waals surface area contributed by atoms with Crippen molar-refractivity contribution in [1.82, 2.24) is 10.2 Å². The lowest BCUT2D eigenvalue weighted by Crippen LogP contribution is -2.41. The molecule has 1 aromatic rings. The van der Waals surface area contributed by atoms with E-state index < -0.39 is 11.4 Å². The van der Waals surface area contributed by atoms with Gasteiger partial charge in [-0.3, -0.25) is 4.79 Å². The molecule has 0 bridgehead atoms. The molecular formula is C18H22N2O5. The van der Waals surface area contributed by atoms with Crippen LogP contribution in [-0.2, 0) is 11.3 Å². The summed E-state index contributed by atoms with van der Waals surface area (Å²) in [5.74, 6) is 0.720. The average molecular weight is 346 g/mol. The number of amides is 2. The summed E-state index contributed by atoms with van der Waals surface area (Å²) in [5, 5.41) is 12.5. The zero-order valence-electron chi connectivity index (χ0n) is 14.0. The van der Waals surface area contributed by atoms with Gasteiger partial charge in [-0.15, -0.1) is 0 Å². The summed E-state index contributed by atoms with van der Waals surface area (Å²) >= 11 is 0. The Balaban J connectivity index is 1.38. The van der Waals surface area contributed by atoms with E-state index in [1.165, 1.54) is 0 Å². The van der Waals surface area contributed by atoms with Gasteiger partial charge in [-0.25, -0.2) is 4.79 Å². The van der Waals surface area contributed by atoms with Gasteiger partial charge in [-0.1, -0.05) is 12.5 Å². The highest BCUT2D eigenvalue weighted by Gasteiger charge is 2.55. The van der Waals surface area contributed by atoms with Gasteiger partial charge in [0.1, 0.15) is 13.2 Å². The first kappa shape index (κ1) is 16.1. The Morgan fingerprint density at radius 3 is 2.84 bits per heavy atom. The maximum absolute atomic E-state index is 12.5. The van der Waals surface area contributed by atoms with Crippen molar-refractivity contribution in [2.24, 2.45) is 11.3 Å². The molecule has 2 heterocycles. The fourth-order valence-electron chi connectivity index (χ4n) is 4.28. The van der Waals surface area contributed by atoms with Gasteiger partial charge in [0.05, 0.1) is 5.41 Å². The first-order valence-electron chi connectivity index (χ1n) is 8.73. The van der Waals surface area contributed by atoms with Crippen LogP contribution in [0, 0.1) is 11.3 Å². The molecule has 4 rings (SSSR count). The minimum Gasteiger partial charge on any atom is -0.486 e. The van der Waals surface area contributed by atoms with Crippen LogP contribution in [0.5, 0.6) is 11.5 Å². The Hall–Kier alpha value is -2.44. The van der Waals surface area contributed by atoms with Crippen LogP contribution < -0.4 is 14.8 Å². The second-order valence-electron chi connectivity index (χ2n) is 7.07. The molecule has 2 amide bonds. The predicted molar refractivity (Wildman–Crippen MR) is 88.7 cm³/mol. The summed E-state index contributed by atoms with van der Waals surface area (Å²) < 4.78 is 11.0. The minimum atomic E-state index is -0.767. The normalized spacial score (nSPS) is 27.0. The quantitative estimate of drug-likeness (QED) is 0.872. The Bertz CT molecular complexity index is 707. The van der Waals surface area contributed by atoms with E-state index in [9.17, 15) is 14.7 Å². The summed E-state index contributed by atoms with van der Waals surface area (Å²) in [6.45, 7) is 2.27.